The zero-order valence-corrected chi connectivity index (χ0v) is 16.7. The number of nitrogens with one attached hydrogen (secondary N) is 1. The Bertz CT molecular complexity index is 1120. The molecule has 4 rings (SSSR count). The second kappa shape index (κ2) is 7.78. The minimum Gasteiger partial charge on any atom is -0.319 e. The van der Waals surface area contributed by atoms with E-state index in [9.17, 15) is 4.79 Å². The van der Waals surface area contributed by atoms with Gasteiger partial charge in [-0.2, -0.15) is 0 Å². The summed E-state index contributed by atoms with van der Waals surface area (Å²) >= 11 is 3.44. The van der Waals surface area contributed by atoms with E-state index in [1.54, 1.807) is 4.68 Å². The minimum absolute atomic E-state index is 0.116. The van der Waals surface area contributed by atoms with Crippen LogP contribution in [0.15, 0.2) is 83.3 Å². The molecule has 0 aliphatic heterocycles. The van der Waals surface area contributed by atoms with Crippen LogP contribution in [0.5, 0.6) is 0 Å². The highest BCUT2D eigenvalue weighted by Gasteiger charge is 2.19. The first-order valence-electron chi connectivity index (χ1n) is 8.77. The van der Waals surface area contributed by atoms with Crippen LogP contribution in [0.1, 0.15) is 16.2 Å². The quantitative estimate of drug-likeness (QED) is 0.478. The Morgan fingerprint density at radius 2 is 1.61 bits per heavy atom. The Morgan fingerprint density at radius 3 is 2.32 bits per heavy atom. The number of hydrogen-bond donors (Lipinski definition) is 1. The molecule has 3 aromatic carbocycles. The van der Waals surface area contributed by atoms with Crippen LogP contribution in [0, 0.1) is 6.92 Å². The molecule has 138 valence electrons. The summed E-state index contributed by atoms with van der Waals surface area (Å²) < 4.78 is 2.66. The zero-order chi connectivity index (χ0) is 19.5. The highest BCUT2D eigenvalue weighted by atomic mass is 79.9. The van der Waals surface area contributed by atoms with Gasteiger partial charge in [0.2, 0.25) is 5.82 Å². The molecule has 1 N–H and O–H groups in total. The third-order valence-corrected chi connectivity index (χ3v) is 4.84. The molecule has 0 unspecified atom stereocenters. The summed E-state index contributed by atoms with van der Waals surface area (Å²) in [4.78, 5) is 17.3. The van der Waals surface area contributed by atoms with Gasteiger partial charge >= 0.3 is 0 Å². The number of anilines is 1. The molecule has 0 saturated heterocycles. The molecular weight excluding hydrogens is 416 g/mol. The highest BCUT2D eigenvalue weighted by Crippen LogP contribution is 2.23. The molecule has 0 saturated carbocycles. The van der Waals surface area contributed by atoms with Gasteiger partial charge in [-0.3, -0.25) is 4.79 Å². The fourth-order valence-corrected chi connectivity index (χ4v) is 3.10. The van der Waals surface area contributed by atoms with Crippen molar-refractivity contribution in [2.24, 2.45) is 0 Å². The van der Waals surface area contributed by atoms with E-state index in [1.165, 1.54) is 0 Å². The van der Waals surface area contributed by atoms with Crippen molar-refractivity contribution < 1.29 is 4.79 Å². The lowest BCUT2D eigenvalue weighted by Crippen LogP contribution is -2.15. The fourth-order valence-electron chi connectivity index (χ4n) is 2.84. The van der Waals surface area contributed by atoms with Crippen LogP contribution >= 0.6 is 15.9 Å². The standard InChI is InChI=1S/C22H17BrN4O/c1-15-7-5-6-10-19(15)24-22(28)20-25-21(16-8-3-2-4-9-16)27(26-20)18-13-11-17(23)12-14-18/h2-14H,1H3,(H,24,28). The first-order valence-corrected chi connectivity index (χ1v) is 9.56. The van der Waals surface area contributed by atoms with Gasteiger partial charge in [-0.05, 0) is 42.8 Å². The maximum Gasteiger partial charge on any atom is 0.295 e. The van der Waals surface area contributed by atoms with Crippen molar-refractivity contribution in [3.63, 3.8) is 0 Å². The molecule has 28 heavy (non-hydrogen) atoms. The number of hydrogen-bond acceptors (Lipinski definition) is 3. The number of nitrogens with zero attached hydrogens (tertiary/aromatic N) is 3. The molecule has 0 fully saturated rings. The molecule has 6 heteroatoms. The van der Waals surface area contributed by atoms with E-state index in [4.69, 9.17) is 0 Å². The van der Waals surface area contributed by atoms with E-state index in [-0.39, 0.29) is 11.7 Å². The zero-order valence-electron chi connectivity index (χ0n) is 15.1. The van der Waals surface area contributed by atoms with Gasteiger partial charge in [0.15, 0.2) is 5.82 Å². The molecule has 0 radical (unpaired) electrons. The van der Waals surface area contributed by atoms with Gasteiger partial charge in [-0.25, -0.2) is 9.67 Å². The number of benzene rings is 3. The lowest BCUT2D eigenvalue weighted by atomic mass is 10.2. The van der Waals surface area contributed by atoms with Crippen LogP contribution in [0.25, 0.3) is 17.1 Å². The second-order valence-electron chi connectivity index (χ2n) is 6.28. The average Bonchev–Trinajstić information content (AvgIpc) is 3.16. The number of amides is 1. The van der Waals surface area contributed by atoms with Gasteiger partial charge < -0.3 is 5.32 Å². The summed E-state index contributed by atoms with van der Waals surface area (Å²) in [5.74, 6) is 0.380. The van der Waals surface area contributed by atoms with Crippen LogP contribution < -0.4 is 5.32 Å². The van der Waals surface area contributed by atoms with Crippen molar-refractivity contribution in [1.82, 2.24) is 14.8 Å². The maximum atomic E-state index is 12.8. The van der Waals surface area contributed by atoms with Crippen molar-refractivity contribution in [2.75, 3.05) is 5.32 Å². The third kappa shape index (κ3) is 3.73. The summed E-state index contributed by atoms with van der Waals surface area (Å²) in [7, 11) is 0. The van der Waals surface area contributed by atoms with Gasteiger partial charge in [0.1, 0.15) is 0 Å². The maximum absolute atomic E-state index is 12.8. The van der Waals surface area contributed by atoms with E-state index in [2.05, 4.69) is 31.3 Å². The Morgan fingerprint density at radius 1 is 0.929 bits per heavy atom. The first-order chi connectivity index (χ1) is 13.6. The van der Waals surface area contributed by atoms with Gasteiger partial charge in [-0.15, -0.1) is 5.10 Å². The van der Waals surface area contributed by atoms with Crippen LogP contribution in [-0.4, -0.2) is 20.7 Å². The number of para-hydroxylation sites is 1. The van der Waals surface area contributed by atoms with E-state index >= 15 is 0 Å². The topological polar surface area (TPSA) is 59.8 Å². The van der Waals surface area contributed by atoms with Gasteiger partial charge in [0.05, 0.1) is 5.69 Å². The molecule has 0 aliphatic carbocycles. The van der Waals surface area contributed by atoms with Crippen LogP contribution in [-0.2, 0) is 0 Å². The van der Waals surface area contributed by atoms with Crippen molar-refractivity contribution in [2.45, 2.75) is 6.92 Å². The van der Waals surface area contributed by atoms with Gasteiger partial charge in [0, 0.05) is 15.7 Å². The van der Waals surface area contributed by atoms with Crippen molar-refractivity contribution in [1.29, 1.82) is 0 Å². The molecule has 1 amide bonds. The Kier molecular flexibility index (Phi) is 5.04. The van der Waals surface area contributed by atoms with Crippen molar-refractivity contribution in [3.05, 3.63) is 94.7 Å². The summed E-state index contributed by atoms with van der Waals surface area (Å²) in [6, 6.07) is 25.0. The molecule has 0 atom stereocenters. The molecule has 0 aliphatic rings. The number of halogens is 1. The molecule has 0 bridgehead atoms. The van der Waals surface area contributed by atoms with Crippen molar-refractivity contribution in [3.8, 4) is 17.1 Å². The number of aryl methyl sites for hydroxylation is 1. The van der Waals surface area contributed by atoms with E-state index in [0.29, 0.717) is 5.82 Å². The second-order valence-corrected chi connectivity index (χ2v) is 7.20. The predicted molar refractivity (Wildman–Crippen MR) is 114 cm³/mol. The number of carbonyl (C=O) groups is 1. The van der Waals surface area contributed by atoms with Crippen LogP contribution in [0.2, 0.25) is 0 Å². The Balaban J connectivity index is 1.76. The molecule has 4 aromatic rings. The molecule has 1 heterocycles. The largest absolute Gasteiger partial charge is 0.319 e. The Hall–Kier alpha value is -3.25. The normalized spacial score (nSPS) is 10.6. The number of carbonyl (C=O) groups excluding carboxylic acids is 1. The third-order valence-electron chi connectivity index (χ3n) is 4.31. The summed E-state index contributed by atoms with van der Waals surface area (Å²) in [5.41, 5.74) is 3.43. The van der Waals surface area contributed by atoms with Gasteiger partial charge in [0.25, 0.3) is 5.91 Å². The number of aromatic nitrogens is 3. The average molecular weight is 433 g/mol. The fraction of sp³-hybridized carbons (Fsp3) is 0.0455. The van der Waals surface area contributed by atoms with E-state index in [0.717, 1.165) is 27.0 Å². The monoisotopic (exact) mass is 432 g/mol. The number of rotatable bonds is 4. The summed E-state index contributed by atoms with van der Waals surface area (Å²) in [6.07, 6.45) is 0. The van der Waals surface area contributed by atoms with Crippen molar-refractivity contribution >= 4 is 27.5 Å². The lowest BCUT2D eigenvalue weighted by molar-refractivity contribution is 0.101. The van der Waals surface area contributed by atoms with Gasteiger partial charge in [-0.1, -0.05) is 64.5 Å². The molecule has 0 spiro atoms. The molecule has 5 nitrogen and oxygen atoms in total. The van der Waals surface area contributed by atoms with Crippen LogP contribution in [0.3, 0.4) is 0 Å². The highest BCUT2D eigenvalue weighted by molar-refractivity contribution is 9.10. The molecule has 1 aromatic heterocycles. The SMILES string of the molecule is Cc1ccccc1NC(=O)c1nc(-c2ccccc2)n(-c2ccc(Br)cc2)n1. The smallest absolute Gasteiger partial charge is 0.295 e. The first kappa shape index (κ1) is 18.1. The Labute approximate surface area is 171 Å². The molecular formula is C22H17BrN4O. The van der Waals surface area contributed by atoms with E-state index < -0.39 is 0 Å². The summed E-state index contributed by atoms with van der Waals surface area (Å²) in [6.45, 7) is 1.94. The minimum atomic E-state index is -0.345. The van der Waals surface area contributed by atoms with E-state index in [1.807, 2.05) is 85.8 Å². The summed E-state index contributed by atoms with van der Waals surface area (Å²) in [5, 5.41) is 7.38. The predicted octanol–water partition coefficient (Wildman–Crippen LogP) is 5.26. The van der Waals surface area contributed by atoms with Crippen LogP contribution in [0.4, 0.5) is 5.69 Å². The lowest BCUT2D eigenvalue weighted by Gasteiger charge is -2.06.